The molecule has 1 aromatic carbocycles. The Hall–Kier alpha value is -0.710. The zero-order valence-electron chi connectivity index (χ0n) is 10.4. The molecule has 0 heterocycles. The molecule has 100 valence electrons. The monoisotopic (exact) mass is 287 g/mol. The third kappa shape index (κ3) is 6.89. The first kappa shape index (κ1) is 15.3. The Morgan fingerprint density at radius 1 is 1.50 bits per heavy atom. The van der Waals surface area contributed by atoms with Gasteiger partial charge in [0.05, 0.1) is 6.61 Å². The van der Waals surface area contributed by atoms with Crippen molar-refractivity contribution in [1.29, 1.82) is 0 Å². The fourth-order valence-corrected chi connectivity index (χ4v) is 2.46. The second-order valence-corrected chi connectivity index (χ2v) is 5.32. The Morgan fingerprint density at radius 3 is 3.06 bits per heavy atom. The van der Waals surface area contributed by atoms with E-state index in [1.54, 1.807) is 18.9 Å². The summed E-state index contributed by atoms with van der Waals surface area (Å²) in [5.41, 5.74) is 1.19. The number of halogens is 1. The van der Waals surface area contributed by atoms with E-state index in [-0.39, 0.29) is 5.91 Å². The average molecular weight is 288 g/mol. The third-order valence-corrected chi connectivity index (χ3v) is 3.52. The van der Waals surface area contributed by atoms with Gasteiger partial charge >= 0.3 is 0 Å². The van der Waals surface area contributed by atoms with E-state index in [9.17, 15) is 4.79 Å². The van der Waals surface area contributed by atoms with Crippen molar-refractivity contribution in [1.82, 2.24) is 5.32 Å². The van der Waals surface area contributed by atoms with E-state index in [2.05, 4.69) is 5.32 Å². The molecule has 1 N–H and O–H groups in total. The molecule has 0 radical (unpaired) electrons. The van der Waals surface area contributed by atoms with Gasteiger partial charge in [-0.05, 0) is 17.7 Å². The van der Waals surface area contributed by atoms with Crippen LogP contribution in [0.2, 0.25) is 5.02 Å². The highest BCUT2D eigenvalue weighted by atomic mass is 35.5. The molecular weight excluding hydrogens is 270 g/mol. The van der Waals surface area contributed by atoms with Gasteiger partial charge in [0.15, 0.2) is 0 Å². The summed E-state index contributed by atoms with van der Waals surface area (Å²) in [5.74, 6) is 1.77. The Bertz CT molecular complexity index is 374. The molecule has 0 spiro atoms. The maximum atomic E-state index is 11.4. The van der Waals surface area contributed by atoms with Crippen molar-refractivity contribution < 1.29 is 9.53 Å². The molecule has 1 rings (SSSR count). The van der Waals surface area contributed by atoms with Crippen molar-refractivity contribution in [2.24, 2.45) is 0 Å². The SMILES string of the molecule is COCCNC(=O)CCSCc1cccc(Cl)c1. The van der Waals surface area contributed by atoms with Gasteiger partial charge in [-0.2, -0.15) is 11.8 Å². The summed E-state index contributed by atoms with van der Waals surface area (Å²) in [6.07, 6.45) is 0.537. The highest BCUT2D eigenvalue weighted by Crippen LogP contribution is 2.16. The number of carbonyl (C=O) groups is 1. The lowest BCUT2D eigenvalue weighted by atomic mass is 10.2. The number of amides is 1. The van der Waals surface area contributed by atoms with E-state index in [4.69, 9.17) is 16.3 Å². The quantitative estimate of drug-likeness (QED) is 0.747. The molecule has 1 aromatic rings. The first-order valence-corrected chi connectivity index (χ1v) is 7.33. The van der Waals surface area contributed by atoms with E-state index >= 15 is 0 Å². The highest BCUT2D eigenvalue weighted by Gasteiger charge is 2.01. The van der Waals surface area contributed by atoms with E-state index in [0.29, 0.717) is 19.6 Å². The zero-order chi connectivity index (χ0) is 13.2. The number of benzene rings is 1. The minimum absolute atomic E-state index is 0.0747. The van der Waals surface area contributed by atoms with Crippen LogP contribution in [-0.2, 0) is 15.3 Å². The average Bonchev–Trinajstić information content (AvgIpc) is 2.35. The van der Waals surface area contributed by atoms with Gasteiger partial charge in [-0.1, -0.05) is 23.7 Å². The number of nitrogens with one attached hydrogen (secondary N) is 1. The minimum atomic E-state index is 0.0747. The van der Waals surface area contributed by atoms with Crippen molar-refractivity contribution in [3.05, 3.63) is 34.9 Å². The smallest absolute Gasteiger partial charge is 0.220 e. The minimum Gasteiger partial charge on any atom is -0.383 e. The molecule has 1 amide bonds. The molecule has 0 aromatic heterocycles. The summed E-state index contributed by atoms with van der Waals surface area (Å²) in [6, 6.07) is 7.79. The van der Waals surface area contributed by atoms with Crippen LogP contribution in [0.4, 0.5) is 0 Å². The molecule has 0 saturated heterocycles. The molecule has 0 aliphatic carbocycles. The lowest BCUT2D eigenvalue weighted by molar-refractivity contribution is -0.120. The van der Waals surface area contributed by atoms with Crippen molar-refractivity contribution >= 4 is 29.3 Å². The van der Waals surface area contributed by atoms with Crippen molar-refractivity contribution in [3.8, 4) is 0 Å². The summed E-state index contributed by atoms with van der Waals surface area (Å²) >= 11 is 7.63. The maximum absolute atomic E-state index is 11.4. The topological polar surface area (TPSA) is 38.3 Å². The lowest BCUT2D eigenvalue weighted by Crippen LogP contribution is -2.27. The van der Waals surface area contributed by atoms with Gasteiger partial charge in [-0.25, -0.2) is 0 Å². The summed E-state index contributed by atoms with van der Waals surface area (Å²) in [4.78, 5) is 11.4. The van der Waals surface area contributed by atoms with E-state index in [1.807, 2.05) is 24.3 Å². The largest absolute Gasteiger partial charge is 0.383 e. The molecule has 0 unspecified atom stereocenters. The second-order valence-electron chi connectivity index (χ2n) is 3.78. The molecule has 0 atom stereocenters. The first-order chi connectivity index (χ1) is 8.72. The predicted octanol–water partition coefficient (Wildman–Crippen LogP) is 2.73. The van der Waals surface area contributed by atoms with Gasteiger partial charge in [0.25, 0.3) is 0 Å². The number of hydrogen-bond acceptors (Lipinski definition) is 3. The van der Waals surface area contributed by atoms with Gasteiger partial charge in [-0.3, -0.25) is 4.79 Å². The number of methoxy groups -OCH3 is 1. The Morgan fingerprint density at radius 2 is 2.33 bits per heavy atom. The molecule has 0 aliphatic heterocycles. The Balaban J connectivity index is 2.09. The van der Waals surface area contributed by atoms with Gasteiger partial charge in [0.1, 0.15) is 0 Å². The van der Waals surface area contributed by atoms with Crippen LogP contribution in [0.5, 0.6) is 0 Å². The standard InChI is InChI=1S/C13H18ClNO2S/c1-17-7-6-15-13(16)5-8-18-10-11-3-2-4-12(14)9-11/h2-4,9H,5-8,10H2,1H3,(H,15,16). The van der Waals surface area contributed by atoms with Crippen LogP contribution in [0, 0.1) is 0 Å². The summed E-state index contributed by atoms with van der Waals surface area (Å²) in [5, 5.41) is 3.55. The molecule has 0 fully saturated rings. The fraction of sp³-hybridized carbons (Fsp3) is 0.462. The number of rotatable bonds is 8. The van der Waals surface area contributed by atoms with E-state index in [0.717, 1.165) is 16.5 Å². The molecule has 5 heteroatoms. The van der Waals surface area contributed by atoms with Crippen molar-refractivity contribution in [3.63, 3.8) is 0 Å². The first-order valence-electron chi connectivity index (χ1n) is 5.80. The Kier molecular flexibility index (Phi) is 7.89. The van der Waals surface area contributed by atoms with Crippen molar-refractivity contribution in [2.45, 2.75) is 12.2 Å². The number of hydrogen-bond donors (Lipinski definition) is 1. The van der Waals surface area contributed by atoms with E-state index in [1.165, 1.54) is 5.56 Å². The van der Waals surface area contributed by atoms with Crippen LogP contribution in [0.25, 0.3) is 0 Å². The molecule has 3 nitrogen and oxygen atoms in total. The van der Waals surface area contributed by atoms with Crippen LogP contribution < -0.4 is 5.32 Å². The normalized spacial score (nSPS) is 10.3. The van der Waals surface area contributed by atoms with Gasteiger partial charge in [0, 0.05) is 36.6 Å². The lowest BCUT2D eigenvalue weighted by Gasteiger charge is -2.04. The van der Waals surface area contributed by atoms with Crippen LogP contribution in [-0.4, -0.2) is 31.9 Å². The van der Waals surface area contributed by atoms with Crippen molar-refractivity contribution in [2.75, 3.05) is 26.0 Å². The van der Waals surface area contributed by atoms with E-state index < -0.39 is 0 Å². The molecular formula is C13H18ClNO2S. The van der Waals surface area contributed by atoms with Crippen LogP contribution in [0.15, 0.2) is 24.3 Å². The molecule has 0 bridgehead atoms. The fourth-order valence-electron chi connectivity index (χ4n) is 1.36. The van der Waals surface area contributed by atoms with Gasteiger partial charge in [-0.15, -0.1) is 0 Å². The van der Waals surface area contributed by atoms with Crippen LogP contribution in [0.3, 0.4) is 0 Å². The highest BCUT2D eigenvalue weighted by molar-refractivity contribution is 7.98. The number of ether oxygens (including phenoxy) is 1. The maximum Gasteiger partial charge on any atom is 0.220 e. The second kappa shape index (κ2) is 9.25. The van der Waals surface area contributed by atoms with Crippen LogP contribution in [0.1, 0.15) is 12.0 Å². The molecule has 18 heavy (non-hydrogen) atoms. The summed E-state index contributed by atoms with van der Waals surface area (Å²) in [6.45, 7) is 1.13. The summed E-state index contributed by atoms with van der Waals surface area (Å²) < 4.78 is 4.85. The number of carbonyl (C=O) groups excluding carboxylic acids is 1. The summed E-state index contributed by atoms with van der Waals surface area (Å²) in [7, 11) is 1.62. The predicted molar refractivity (Wildman–Crippen MR) is 77.1 cm³/mol. The third-order valence-electron chi connectivity index (χ3n) is 2.26. The molecule has 0 saturated carbocycles. The number of thioether (sulfide) groups is 1. The van der Waals surface area contributed by atoms with Crippen LogP contribution >= 0.6 is 23.4 Å². The zero-order valence-corrected chi connectivity index (χ0v) is 12.0. The Labute approximate surface area is 117 Å². The molecule has 0 aliphatic rings. The van der Waals surface area contributed by atoms with Gasteiger partial charge in [0.2, 0.25) is 5.91 Å². The van der Waals surface area contributed by atoms with Gasteiger partial charge < -0.3 is 10.1 Å².